The van der Waals surface area contributed by atoms with Crippen molar-refractivity contribution in [1.82, 2.24) is 0 Å². The molecule has 3 aromatic rings. The number of benzene rings is 3. The molecule has 0 aliphatic carbocycles. The van der Waals surface area contributed by atoms with Gasteiger partial charge in [-0.3, -0.25) is 0 Å². The highest BCUT2D eigenvalue weighted by atomic mass is 19.1. The summed E-state index contributed by atoms with van der Waals surface area (Å²) in [6, 6.07) is 18.7. The second-order valence-corrected chi connectivity index (χ2v) is 4.82. The summed E-state index contributed by atoms with van der Waals surface area (Å²) in [4.78, 5) is 0. The van der Waals surface area contributed by atoms with Gasteiger partial charge in [0, 0.05) is 0 Å². The summed E-state index contributed by atoms with van der Waals surface area (Å²) < 4.78 is 18.7. The smallest absolute Gasteiger partial charge is 0.123 e. The summed E-state index contributed by atoms with van der Waals surface area (Å²) in [5.41, 5.74) is 2.09. The number of hydrogen-bond acceptors (Lipinski definition) is 1. The van der Waals surface area contributed by atoms with Gasteiger partial charge in [-0.1, -0.05) is 42.5 Å². The summed E-state index contributed by atoms with van der Waals surface area (Å²) in [6.45, 7) is 2.50. The maximum Gasteiger partial charge on any atom is 0.123 e. The molecular weight excluding hydrogens is 251 g/mol. The standard InChI is InChI=1S/C18H15FO/c1-13-17-5-3-2-4-15(17)8-11-18(13)20-12-14-6-9-16(19)10-7-14/h2-11H,12H2,1H3. The largest absolute Gasteiger partial charge is 0.489 e. The van der Waals surface area contributed by atoms with Gasteiger partial charge in [0.05, 0.1) is 0 Å². The van der Waals surface area contributed by atoms with E-state index in [9.17, 15) is 4.39 Å². The Hall–Kier alpha value is -2.35. The van der Waals surface area contributed by atoms with Crippen LogP contribution in [-0.2, 0) is 6.61 Å². The van der Waals surface area contributed by atoms with E-state index in [1.54, 1.807) is 12.1 Å². The van der Waals surface area contributed by atoms with Crippen LogP contribution in [-0.4, -0.2) is 0 Å². The second kappa shape index (κ2) is 5.33. The predicted octanol–water partition coefficient (Wildman–Crippen LogP) is 4.87. The number of hydrogen-bond donors (Lipinski definition) is 0. The Morgan fingerprint density at radius 1 is 0.900 bits per heavy atom. The first-order valence-corrected chi connectivity index (χ1v) is 6.59. The normalized spacial score (nSPS) is 10.7. The van der Waals surface area contributed by atoms with E-state index in [0.717, 1.165) is 16.9 Å². The number of rotatable bonds is 3. The van der Waals surface area contributed by atoms with Crippen LogP contribution in [0, 0.1) is 12.7 Å². The van der Waals surface area contributed by atoms with Crippen molar-refractivity contribution >= 4 is 10.8 Å². The molecule has 0 aliphatic heterocycles. The summed E-state index contributed by atoms with van der Waals surface area (Å²) in [5, 5.41) is 2.41. The summed E-state index contributed by atoms with van der Waals surface area (Å²) in [7, 11) is 0. The minimum absolute atomic E-state index is 0.226. The molecule has 0 saturated heterocycles. The Labute approximate surface area is 117 Å². The highest BCUT2D eigenvalue weighted by molar-refractivity contribution is 5.87. The number of ether oxygens (including phenoxy) is 1. The fraction of sp³-hybridized carbons (Fsp3) is 0.111. The van der Waals surface area contributed by atoms with Crippen LogP contribution in [0.25, 0.3) is 10.8 Å². The maximum absolute atomic E-state index is 12.8. The van der Waals surface area contributed by atoms with E-state index < -0.39 is 0 Å². The number of halogens is 1. The zero-order valence-electron chi connectivity index (χ0n) is 11.3. The van der Waals surface area contributed by atoms with Crippen LogP contribution in [0.15, 0.2) is 60.7 Å². The lowest BCUT2D eigenvalue weighted by molar-refractivity contribution is 0.304. The van der Waals surface area contributed by atoms with E-state index in [4.69, 9.17) is 4.74 Å². The molecule has 0 spiro atoms. The third-order valence-electron chi connectivity index (χ3n) is 3.46. The Kier molecular flexibility index (Phi) is 3.38. The molecule has 1 nitrogen and oxygen atoms in total. The molecule has 0 saturated carbocycles. The average Bonchev–Trinajstić information content (AvgIpc) is 2.49. The van der Waals surface area contributed by atoms with E-state index in [1.807, 2.05) is 18.2 Å². The fourth-order valence-corrected chi connectivity index (χ4v) is 2.31. The van der Waals surface area contributed by atoms with E-state index in [2.05, 4.69) is 25.1 Å². The molecule has 0 aromatic heterocycles. The van der Waals surface area contributed by atoms with Crippen molar-refractivity contribution in [1.29, 1.82) is 0 Å². The van der Waals surface area contributed by atoms with Crippen LogP contribution in [0.3, 0.4) is 0 Å². The van der Waals surface area contributed by atoms with E-state index >= 15 is 0 Å². The van der Waals surface area contributed by atoms with Gasteiger partial charge < -0.3 is 4.74 Å². The van der Waals surface area contributed by atoms with Crippen LogP contribution in [0.1, 0.15) is 11.1 Å². The molecule has 0 unspecified atom stereocenters. The monoisotopic (exact) mass is 266 g/mol. The molecule has 0 atom stereocenters. The Morgan fingerprint density at radius 3 is 2.45 bits per heavy atom. The molecule has 20 heavy (non-hydrogen) atoms. The van der Waals surface area contributed by atoms with Crippen molar-refractivity contribution in [3.63, 3.8) is 0 Å². The van der Waals surface area contributed by atoms with Crippen LogP contribution in [0.4, 0.5) is 4.39 Å². The third kappa shape index (κ3) is 2.50. The Bertz CT molecular complexity index is 732. The molecule has 100 valence electrons. The van der Waals surface area contributed by atoms with Crippen molar-refractivity contribution in [2.24, 2.45) is 0 Å². The minimum Gasteiger partial charge on any atom is -0.489 e. The van der Waals surface area contributed by atoms with E-state index in [-0.39, 0.29) is 5.82 Å². The van der Waals surface area contributed by atoms with E-state index in [0.29, 0.717) is 6.61 Å². The summed E-state index contributed by atoms with van der Waals surface area (Å²) in [6.07, 6.45) is 0. The maximum atomic E-state index is 12.8. The van der Waals surface area contributed by atoms with Crippen LogP contribution in [0.5, 0.6) is 5.75 Å². The lowest BCUT2D eigenvalue weighted by atomic mass is 10.0. The molecule has 0 heterocycles. The Balaban J connectivity index is 1.84. The quantitative estimate of drug-likeness (QED) is 0.657. The van der Waals surface area contributed by atoms with Gasteiger partial charge in [0.1, 0.15) is 18.2 Å². The molecule has 0 fully saturated rings. The molecule has 0 bridgehead atoms. The molecule has 2 heteroatoms. The SMILES string of the molecule is Cc1c(OCc2ccc(F)cc2)ccc2ccccc12. The Morgan fingerprint density at radius 2 is 1.65 bits per heavy atom. The number of aryl methyl sites for hydroxylation is 1. The highest BCUT2D eigenvalue weighted by Crippen LogP contribution is 2.27. The lowest BCUT2D eigenvalue weighted by Gasteiger charge is -2.11. The van der Waals surface area contributed by atoms with Gasteiger partial charge >= 0.3 is 0 Å². The fourth-order valence-electron chi connectivity index (χ4n) is 2.31. The topological polar surface area (TPSA) is 9.23 Å². The van der Waals surface area contributed by atoms with Crippen molar-refractivity contribution in [3.8, 4) is 5.75 Å². The van der Waals surface area contributed by atoms with Crippen LogP contribution in [0.2, 0.25) is 0 Å². The second-order valence-electron chi connectivity index (χ2n) is 4.82. The lowest BCUT2D eigenvalue weighted by Crippen LogP contribution is -1.97. The van der Waals surface area contributed by atoms with Gasteiger partial charge in [0.2, 0.25) is 0 Å². The van der Waals surface area contributed by atoms with Gasteiger partial charge in [-0.25, -0.2) is 4.39 Å². The predicted molar refractivity (Wildman–Crippen MR) is 79.4 cm³/mol. The molecular formula is C18H15FO. The first-order valence-electron chi connectivity index (χ1n) is 6.59. The third-order valence-corrected chi connectivity index (χ3v) is 3.46. The first-order chi connectivity index (χ1) is 9.74. The van der Waals surface area contributed by atoms with Crippen LogP contribution < -0.4 is 4.74 Å². The highest BCUT2D eigenvalue weighted by Gasteiger charge is 2.04. The molecule has 0 N–H and O–H groups in total. The molecule has 3 rings (SSSR count). The molecule has 0 amide bonds. The van der Waals surface area contributed by atoms with Crippen molar-refractivity contribution in [2.75, 3.05) is 0 Å². The van der Waals surface area contributed by atoms with Gasteiger partial charge in [0.15, 0.2) is 0 Å². The average molecular weight is 266 g/mol. The molecule has 3 aromatic carbocycles. The van der Waals surface area contributed by atoms with Crippen LogP contribution >= 0.6 is 0 Å². The van der Waals surface area contributed by atoms with Gasteiger partial charge in [-0.05, 0) is 47.0 Å². The van der Waals surface area contributed by atoms with E-state index in [1.165, 1.54) is 22.9 Å². The summed E-state index contributed by atoms with van der Waals surface area (Å²) in [5.74, 6) is 0.642. The van der Waals surface area contributed by atoms with Gasteiger partial charge in [-0.15, -0.1) is 0 Å². The van der Waals surface area contributed by atoms with Crippen molar-refractivity contribution in [3.05, 3.63) is 77.6 Å². The van der Waals surface area contributed by atoms with Gasteiger partial charge in [-0.2, -0.15) is 0 Å². The van der Waals surface area contributed by atoms with Crippen molar-refractivity contribution in [2.45, 2.75) is 13.5 Å². The van der Waals surface area contributed by atoms with Gasteiger partial charge in [0.25, 0.3) is 0 Å². The number of fused-ring (bicyclic) bond motifs is 1. The summed E-state index contributed by atoms with van der Waals surface area (Å²) >= 11 is 0. The zero-order chi connectivity index (χ0) is 13.9. The zero-order valence-corrected chi connectivity index (χ0v) is 11.3. The molecule has 0 radical (unpaired) electrons. The molecule has 0 aliphatic rings. The van der Waals surface area contributed by atoms with Crippen molar-refractivity contribution < 1.29 is 9.13 Å². The minimum atomic E-state index is -0.226. The first kappa shape index (κ1) is 12.7.